The maximum atomic E-state index is 11.6. The van der Waals surface area contributed by atoms with Crippen molar-refractivity contribution in [1.29, 1.82) is 0 Å². The van der Waals surface area contributed by atoms with Crippen molar-refractivity contribution in [3.8, 4) is 0 Å². The molecule has 4 nitrogen and oxygen atoms in total. The average Bonchev–Trinajstić information content (AvgIpc) is 2.14. The van der Waals surface area contributed by atoms with Gasteiger partial charge >= 0.3 is 6.18 Å². The number of halogens is 3. The lowest BCUT2D eigenvalue weighted by molar-refractivity contribution is -0.174. The van der Waals surface area contributed by atoms with Crippen LogP contribution in [0, 0.1) is 0 Å². The first kappa shape index (κ1) is 14.6. The Kier molecular flexibility index (Phi) is 8.68. The van der Waals surface area contributed by atoms with Crippen LogP contribution in [0.2, 0.25) is 0 Å². The number of ether oxygens (including phenoxy) is 2. The van der Waals surface area contributed by atoms with Crippen molar-refractivity contribution in [3.05, 3.63) is 0 Å². The highest BCUT2D eigenvalue weighted by atomic mass is 19.4. The van der Waals surface area contributed by atoms with Gasteiger partial charge in [-0.3, -0.25) is 4.84 Å². The highest BCUT2D eigenvalue weighted by molar-refractivity contribution is 4.46. The molecule has 1 N–H and O–H groups in total. The first-order chi connectivity index (χ1) is 7.06. The van der Waals surface area contributed by atoms with Crippen molar-refractivity contribution in [2.45, 2.75) is 12.6 Å². The van der Waals surface area contributed by atoms with E-state index in [0.717, 1.165) is 0 Å². The van der Waals surface area contributed by atoms with E-state index in [9.17, 15) is 13.2 Å². The summed E-state index contributed by atoms with van der Waals surface area (Å²) in [6.45, 7) is 0.177. The molecule has 0 saturated carbocycles. The Bertz CT molecular complexity index is 144. The lowest BCUT2D eigenvalue weighted by Crippen LogP contribution is -2.21. The molecule has 0 heterocycles. The van der Waals surface area contributed by atoms with E-state index in [1.54, 1.807) is 7.11 Å². The molecule has 0 aliphatic carbocycles. The number of hydroxylamine groups is 1. The Morgan fingerprint density at radius 3 is 2.47 bits per heavy atom. The van der Waals surface area contributed by atoms with E-state index < -0.39 is 12.8 Å². The van der Waals surface area contributed by atoms with E-state index in [1.807, 2.05) is 0 Å². The Labute approximate surface area is 86.6 Å². The van der Waals surface area contributed by atoms with E-state index >= 15 is 0 Å². The fraction of sp³-hybridized carbons (Fsp3) is 1.00. The van der Waals surface area contributed by atoms with Crippen LogP contribution in [0.15, 0.2) is 0 Å². The van der Waals surface area contributed by atoms with Crippen molar-refractivity contribution in [2.24, 2.45) is 0 Å². The van der Waals surface area contributed by atoms with Gasteiger partial charge in [-0.2, -0.15) is 13.2 Å². The molecule has 0 bridgehead atoms. The van der Waals surface area contributed by atoms with Gasteiger partial charge in [-0.05, 0) is 6.42 Å². The second kappa shape index (κ2) is 8.90. The first-order valence-electron chi connectivity index (χ1n) is 4.54. The molecular formula is C8H16F3NO3. The molecule has 0 spiro atoms. The molecule has 0 aromatic rings. The zero-order valence-corrected chi connectivity index (χ0v) is 8.60. The van der Waals surface area contributed by atoms with E-state index in [1.165, 1.54) is 0 Å². The van der Waals surface area contributed by atoms with Crippen LogP contribution in [0.5, 0.6) is 0 Å². The Hall–Kier alpha value is -0.370. The minimum Gasteiger partial charge on any atom is -0.382 e. The highest BCUT2D eigenvalue weighted by Crippen LogP contribution is 2.14. The lowest BCUT2D eigenvalue weighted by atomic mass is 10.5. The van der Waals surface area contributed by atoms with E-state index in [2.05, 4.69) is 10.2 Å². The van der Waals surface area contributed by atoms with Crippen molar-refractivity contribution in [3.63, 3.8) is 0 Å². The molecular weight excluding hydrogens is 215 g/mol. The third-order valence-corrected chi connectivity index (χ3v) is 1.32. The first-order valence-corrected chi connectivity index (χ1v) is 4.54. The fourth-order valence-electron chi connectivity index (χ4n) is 0.704. The summed E-state index contributed by atoms with van der Waals surface area (Å²) in [6, 6.07) is 0. The number of nitrogens with one attached hydrogen (secondary N) is 1. The molecule has 0 unspecified atom stereocenters. The van der Waals surface area contributed by atoms with Gasteiger partial charge in [0.05, 0.1) is 13.2 Å². The molecule has 0 amide bonds. The Balaban J connectivity index is 2.99. The van der Waals surface area contributed by atoms with Crippen LogP contribution in [-0.2, 0) is 14.3 Å². The largest absolute Gasteiger partial charge is 0.411 e. The molecule has 0 aliphatic heterocycles. The van der Waals surface area contributed by atoms with Gasteiger partial charge in [0, 0.05) is 20.3 Å². The monoisotopic (exact) mass is 231 g/mol. The molecule has 0 aromatic heterocycles. The van der Waals surface area contributed by atoms with Crippen LogP contribution in [0.3, 0.4) is 0 Å². The van der Waals surface area contributed by atoms with Crippen molar-refractivity contribution < 1.29 is 27.5 Å². The summed E-state index contributed by atoms with van der Waals surface area (Å²) in [7, 11) is 1.55. The molecule has 0 atom stereocenters. The van der Waals surface area contributed by atoms with Crippen LogP contribution in [0.1, 0.15) is 6.42 Å². The van der Waals surface area contributed by atoms with Gasteiger partial charge in [0.15, 0.2) is 0 Å². The van der Waals surface area contributed by atoms with Gasteiger partial charge in [-0.25, -0.2) is 5.48 Å². The van der Waals surface area contributed by atoms with Gasteiger partial charge in [0.25, 0.3) is 0 Å². The molecule has 92 valence electrons. The molecule has 7 heteroatoms. The van der Waals surface area contributed by atoms with Crippen LogP contribution in [-0.4, -0.2) is 46.3 Å². The summed E-state index contributed by atoms with van der Waals surface area (Å²) < 4.78 is 43.9. The van der Waals surface area contributed by atoms with Crippen LogP contribution < -0.4 is 5.48 Å². The predicted octanol–water partition coefficient (Wildman–Crippen LogP) is 1.12. The molecule has 0 radical (unpaired) electrons. The minimum atomic E-state index is -4.25. The second-order valence-electron chi connectivity index (χ2n) is 2.76. The summed E-state index contributed by atoms with van der Waals surface area (Å²) in [6.07, 6.45) is -3.79. The summed E-state index contributed by atoms with van der Waals surface area (Å²) in [5, 5.41) is 0. The van der Waals surface area contributed by atoms with E-state index in [4.69, 9.17) is 9.57 Å². The Morgan fingerprint density at radius 1 is 1.13 bits per heavy atom. The topological polar surface area (TPSA) is 39.7 Å². The molecule has 0 aliphatic rings. The standard InChI is InChI=1S/C8H16F3NO3/c1-13-5-6-15-12-3-2-4-14-7-8(9,10)11/h12H,2-7H2,1H3. The summed E-state index contributed by atoms with van der Waals surface area (Å²) >= 11 is 0. The number of alkyl halides is 3. The Morgan fingerprint density at radius 2 is 1.87 bits per heavy atom. The number of hydrogen-bond donors (Lipinski definition) is 1. The zero-order valence-electron chi connectivity index (χ0n) is 8.60. The predicted molar refractivity (Wildman–Crippen MR) is 47.3 cm³/mol. The normalized spacial score (nSPS) is 12.0. The van der Waals surface area contributed by atoms with Crippen molar-refractivity contribution >= 4 is 0 Å². The van der Waals surface area contributed by atoms with Gasteiger partial charge in [-0.1, -0.05) is 0 Å². The zero-order chi connectivity index (χ0) is 11.6. The van der Waals surface area contributed by atoms with Gasteiger partial charge in [0.2, 0.25) is 0 Å². The second-order valence-corrected chi connectivity index (χ2v) is 2.76. The quantitative estimate of drug-likeness (QED) is 0.477. The highest BCUT2D eigenvalue weighted by Gasteiger charge is 2.27. The minimum absolute atomic E-state index is 0.0557. The average molecular weight is 231 g/mol. The number of rotatable bonds is 9. The fourth-order valence-corrected chi connectivity index (χ4v) is 0.704. The summed E-state index contributed by atoms with van der Waals surface area (Å²) in [4.78, 5) is 4.87. The van der Waals surface area contributed by atoms with Gasteiger partial charge in [0.1, 0.15) is 6.61 Å². The smallest absolute Gasteiger partial charge is 0.382 e. The summed E-state index contributed by atoms with van der Waals surface area (Å²) in [5.41, 5.74) is 2.58. The van der Waals surface area contributed by atoms with E-state index in [-0.39, 0.29) is 6.61 Å². The maximum Gasteiger partial charge on any atom is 0.411 e. The molecule has 15 heavy (non-hydrogen) atoms. The molecule has 0 saturated heterocycles. The molecule has 0 fully saturated rings. The molecule has 0 rings (SSSR count). The van der Waals surface area contributed by atoms with Crippen molar-refractivity contribution in [1.82, 2.24) is 5.48 Å². The van der Waals surface area contributed by atoms with Crippen molar-refractivity contribution in [2.75, 3.05) is 40.1 Å². The van der Waals surface area contributed by atoms with Crippen LogP contribution >= 0.6 is 0 Å². The summed E-state index contributed by atoms with van der Waals surface area (Å²) in [5.74, 6) is 0. The van der Waals surface area contributed by atoms with Gasteiger partial charge in [-0.15, -0.1) is 0 Å². The third-order valence-electron chi connectivity index (χ3n) is 1.32. The third kappa shape index (κ3) is 13.6. The van der Waals surface area contributed by atoms with Crippen LogP contribution in [0.4, 0.5) is 13.2 Å². The lowest BCUT2D eigenvalue weighted by Gasteiger charge is -2.08. The number of hydrogen-bond acceptors (Lipinski definition) is 4. The number of methoxy groups -OCH3 is 1. The van der Waals surface area contributed by atoms with E-state index in [0.29, 0.717) is 26.2 Å². The molecule has 0 aromatic carbocycles. The maximum absolute atomic E-state index is 11.6. The van der Waals surface area contributed by atoms with Gasteiger partial charge < -0.3 is 9.47 Å². The van der Waals surface area contributed by atoms with Crippen LogP contribution in [0.25, 0.3) is 0 Å². The SMILES string of the molecule is COCCONCCCOCC(F)(F)F.